The summed E-state index contributed by atoms with van der Waals surface area (Å²) in [5, 5.41) is 7.02. The second-order valence-corrected chi connectivity index (χ2v) is 8.64. The molecular weight excluding hydrogens is 302 g/mol. The number of nitrogens with zero attached hydrogens (tertiary/aromatic N) is 1. The zero-order chi connectivity index (χ0) is 17.2. The fourth-order valence-corrected chi connectivity index (χ4v) is 4.48. The molecule has 2 bridgehead atoms. The first-order valence-electron chi connectivity index (χ1n) is 9.79. The van der Waals surface area contributed by atoms with Crippen LogP contribution in [-0.4, -0.2) is 50.0 Å². The zero-order valence-corrected chi connectivity index (χ0v) is 15.8. The Morgan fingerprint density at radius 2 is 2.04 bits per heavy atom. The first-order valence-corrected chi connectivity index (χ1v) is 9.79. The van der Waals surface area contributed by atoms with E-state index in [1.54, 1.807) is 0 Å². The van der Waals surface area contributed by atoms with Crippen LogP contribution in [-0.2, 0) is 9.47 Å². The normalized spacial score (nSPS) is 36.8. The number of hydrogen-bond acceptors (Lipinski definition) is 3. The van der Waals surface area contributed by atoms with Gasteiger partial charge in [-0.15, -0.1) is 0 Å². The average Bonchev–Trinajstić information content (AvgIpc) is 3.15. The van der Waals surface area contributed by atoms with Gasteiger partial charge in [-0.25, -0.2) is 0 Å². The van der Waals surface area contributed by atoms with Crippen LogP contribution in [0.5, 0.6) is 0 Å². The molecule has 5 unspecified atom stereocenters. The van der Waals surface area contributed by atoms with E-state index in [1.165, 1.54) is 19.3 Å². The molecule has 0 aromatic rings. The van der Waals surface area contributed by atoms with E-state index in [0.717, 1.165) is 38.5 Å². The third-order valence-corrected chi connectivity index (χ3v) is 5.55. The molecule has 5 heteroatoms. The van der Waals surface area contributed by atoms with Gasteiger partial charge in [-0.1, -0.05) is 20.8 Å². The molecule has 2 N–H and O–H groups in total. The molecule has 138 valence electrons. The Bertz CT molecular complexity index is 446. The molecule has 0 radical (unpaired) electrons. The molecule has 3 heterocycles. The minimum Gasteiger partial charge on any atom is -0.377 e. The molecule has 24 heavy (non-hydrogen) atoms. The Balaban J connectivity index is 1.60. The summed E-state index contributed by atoms with van der Waals surface area (Å²) in [6.07, 6.45) is 7.02. The van der Waals surface area contributed by atoms with Gasteiger partial charge in [0.25, 0.3) is 0 Å². The third kappa shape index (κ3) is 4.23. The third-order valence-electron chi connectivity index (χ3n) is 5.55. The van der Waals surface area contributed by atoms with E-state index in [1.807, 2.05) is 0 Å². The van der Waals surface area contributed by atoms with E-state index in [-0.39, 0.29) is 5.41 Å². The number of hydrogen-bond donors (Lipinski definition) is 2. The molecule has 5 nitrogen and oxygen atoms in total. The van der Waals surface area contributed by atoms with E-state index in [4.69, 9.17) is 14.5 Å². The summed E-state index contributed by atoms with van der Waals surface area (Å²) in [5.74, 6) is 1.45. The Kier molecular flexibility index (Phi) is 5.70. The van der Waals surface area contributed by atoms with Crippen molar-refractivity contribution in [2.75, 3.05) is 19.7 Å². The molecule has 0 saturated carbocycles. The van der Waals surface area contributed by atoms with Gasteiger partial charge in [0.2, 0.25) is 0 Å². The molecule has 3 saturated heterocycles. The maximum Gasteiger partial charge on any atom is 0.191 e. The van der Waals surface area contributed by atoms with Crippen molar-refractivity contribution >= 4 is 5.96 Å². The summed E-state index contributed by atoms with van der Waals surface area (Å²) in [5.41, 5.74) is 0.171. The molecule has 3 aliphatic rings. The highest BCUT2D eigenvalue weighted by molar-refractivity contribution is 5.80. The summed E-state index contributed by atoms with van der Waals surface area (Å²) in [7, 11) is 0. The number of nitrogens with one attached hydrogen (secondary N) is 2. The molecule has 3 fully saturated rings. The van der Waals surface area contributed by atoms with Crippen LogP contribution < -0.4 is 10.6 Å². The van der Waals surface area contributed by atoms with Gasteiger partial charge in [-0.2, -0.15) is 0 Å². The van der Waals surface area contributed by atoms with Gasteiger partial charge in [0.15, 0.2) is 5.96 Å². The summed E-state index contributed by atoms with van der Waals surface area (Å²) in [6, 6.07) is 0.419. The van der Waals surface area contributed by atoms with Crippen LogP contribution >= 0.6 is 0 Å². The fraction of sp³-hybridized carbons (Fsp3) is 0.947. The van der Waals surface area contributed by atoms with Crippen LogP contribution in [0.25, 0.3) is 0 Å². The maximum atomic E-state index is 6.09. The largest absolute Gasteiger partial charge is 0.377 e. The predicted octanol–water partition coefficient (Wildman–Crippen LogP) is 2.70. The minimum atomic E-state index is 0.171. The van der Waals surface area contributed by atoms with Gasteiger partial charge >= 0.3 is 0 Å². The van der Waals surface area contributed by atoms with E-state index >= 15 is 0 Å². The van der Waals surface area contributed by atoms with Crippen molar-refractivity contribution < 1.29 is 9.47 Å². The van der Waals surface area contributed by atoms with E-state index in [2.05, 4.69) is 38.3 Å². The topological polar surface area (TPSA) is 54.9 Å². The Morgan fingerprint density at radius 3 is 2.67 bits per heavy atom. The van der Waals surface area contributed by atoms with Gasteiger partial charge in [-0.3, -0.25) is 4.99 Å². The van der Waals surface area contributed by atoms with E-state index in [9.17, 15) is 0 Å². The fourth-order valence-electron chi connectivity index (χ4n) is 4.48. The highest BCUT2D eigenvalue weighted by atomic mass is 16.5. The molecule has 0 spiro atoms. The summed E-state index contributed by atoms with van der Waals surface area (Å²) < 4.78 is 12.0. The van der Waals surface area contributed by atoms with Crippen LogP contribution in [0, 0.1) is 11.3 Å². The first kappa shape index (κ1) is 18.0. The number of ether oxygens (including phenoxy) is 2. The maximum absolute atomic E-state index is 6.09. The first-order chi connectivity index (χ1) is 11.5. The van der Waals surface area contributed by atoms with Gasteiger partial charge in [-0.05, 0) is 44.4 Å². The standard InChI is InChI=1S/C19H35N3O2/c1-5-20-18(22-15-11-14-8-9-16(15)24-14)21-12-13-7-6-10-23-17(13)19(2,3)4/h13-17H,5-12H2,1-4H3,(H2,20,21,22). The monoisotopic (exact) mass is 337 g/mol. The molecule has 3 aliphatic heterocycles. The number of fused-ring (bicyclic) bond motifs is 2. The van der Waals surface area contributed by atoms with Gasteiger partial charge in [0.05, 0.1) is 24.4 Å². The van der Waals surface area contributed by atoms with Crippen molar-refractivity contribution in [1.82, 2.24) is 10.6 Å². The van der Waals surface area contributed by atoms with Crippen molar-refractivity contribution in [2.24, 2.45) is 16.3 Å². The van der Waals surface area contributed by atoms with Crippen molar-refractivity contribution in [3.8, 4) is 0 Å². The average molecular weight is 338 g/mol. The Morgan fingerprint density at radius 1 is 1.21 bits per heavy atom. The lowest BCUT2D eigenvalue weighted by molar-refractivity contribution is -0.0823. The Labute approximate surface area is 147 Å². The summed E-state index contributed by atoms with van der Waals surface area (Å²) in [4.78, 5) is 4.91. The van der Waals surface area contributed by atoms with Crippen molar-refractivity contribution in [3.05, 3.63) is 0 Å². The van der Waals surface area contributed by atoms with Crippen molar-refractivity contribution in [3.63, 3.8) is 0 Å². The smallest absolute Gasteiger partial charge is 0.191 e. The Hall–Kier alpha value is -0.810. The van der Waals surface area contributed by atoms with E-state index in [0.29, 0.717) is 30.3 Å². The molecule has 0 aliphatic carbocycles. The summed E-state index contributed by atoms with van der Waals surface area (Å²) in [6.45, 7) is 11.6. The number of aliphatic imine (C=N–C) groups is 1. The van der Waals surface area contributed by atoms with E-state index < -0.39 is 0 Å². The highest BCUT2D eigenvalue weighted by Gasteiger charge is 2.41. The zero-order valence-electron chi connectivity index (χ0n) is 15.8. The van der Waals surface area contributed by atoms with Gasteiger partial charge in [0, 0.05) is 25.6 Å². The second kappa shape index (κ2) is 7.61. The molecule has 5 atom stereocenters. The van der Waals surface area contributed by atoms with Crippen LogP contribution in [0.4, 0.5) is 0 Å². The predicted molar refractivity (Wildman–Crippen MR) is 97.3 cm³/mol. The molecule has 3 rings (SSSR count). The number of guanidine groups is 1. The lowest BCUT2D eigenvalue weighted by Gasteiger charge is -2.39. The van der Waals surface area contributed by atoms with Gasteiger partial charge in [0.1, 0.15) is 0 Å². The number of rotatable bonds is 4. The molecule has 0 aromatic carbocycles. The van der Waals surface area contributed by atoms with Crippen LogP contribution in [0.15, 0.2) is 4.99 Å². The summed E-state index contributed by atoms with van der Waals surface area (Å²) >= 11 is 0. The molecule has 0 amide bonds. The quantitative estimate of drug-likeness (QED) is 0.612. The van der Waals surface area contributed by atoms with Gasteiger partial charge < -0.3 is 20.1 Å². The van der Waals surface area contributed by atoms with Crippen LogP contribution in [0.1, 0.15) is 59.8 Å². The van der Waals surface area contributed by atoms with Crippen molar-refractivity contribution in [2.45, 2.75) is 84.2 Å². The molecular formula is C19H35N3O2. The lowest BCUT2D eigenvalue weighted by atomic mass is 9.78. The minimum absolute atomic E-state index is 0.171. The SMILES string of the molecule is CCNC(=NCC1CCCOC1C(C)(C)C)NC1CC2CCC1O2. The lowest BCUT2D eigenvalue weighted by Crippen LogP contribution is -2.48. The van der Waals surface area contributed by atoms with Crippen LogP contribution in [0.2, 0.25) is 0 Å². The molecule has 0 aromatic heterocycles. The van der Waals surface area contributed by atoms with Crippen LogP contribution in [0.3, 0.4) is 0 Å². The second-order valence-electron chi connectivity index (χ2n) is 8.64. The van der Waals surface area contributed by atoms with Crippen molar-refractivity contribution in [1.29, 1.82) is 0 Å². The highest BCUT2D eigenvalue weighted by Crippen LogP contribution is 2.35.